The van der Waals surface area contributed by atoms with E-state index < -0.39 is 12.1 Å². The number of fused-ring (bicyclic) bond motifs is 1. The van der Waals surface area contributed by atoms with Gasteiger partial charge < -0.3 is 19.5 Å². The van der Waals surface area contributed by atoms with Gasteiger partial charge in [0.05, 0.1) is 19.3 Å². The molecule has 4 aromatic carbocycles. The first-order valence-electron chi connectivity index (χ1n) is 13.2. The van der Waals surface area contributed by atoms with Crippen molar-refractivity contribution in [2.75, 3.05) is 23.9 Å². The highest BCUT2D eigenvalue weighted by molar-refractivity contribution is 6.12. The minimum absolute atomic E-state index is 0.0821. The van der Waals surface area contributed by atoms with Crippen molar-refractivity contribution in [1.82, 2.24) is 0 Å². The van der Waals surface area contributed by atoms with E-state index in [-0.39, 0.29) is 19.1 Å². The van der Waals surface area contributed by atoms with E-state index in [9.17, 15) is 9.59 Å². The molecule has 7 heteroatoms. The molecular formula is C33H32N2O5. The Bertz CT molecular complexity index is 1540. The van der Waals surface area contributed by atoms with Gasteiger partial charge in [-0.25, -0.2) is 4.79 Å². The number of ether oxygens (including phenoxy) is 3. The summed E-state index contributed by atoms with van der Waals surface area (Å²) >= 11 is 0. The van der Waals surface area contributed by atoms with E-state index in [1.165, 1.54) is 0 Å². The molecule has 0 saturated heterocycles. The highest BCUT2D eigenvalue weighted by Crippen LogP contribution is 2.38. The van der Waals surface area contributed by atoms with Crippen molar-refractivity contribution in [3.8, 4) is 11.5 Å². The van der Waals surface area contributed by atoms with Crippen molar-refractivity contribution in [1.29, 1.82) is 0 Å². The Kier molecular flexibility index (Phi) is 7.73. The molecule has 0 aromatic heterocycles. The average Bonchev–Trinajstić information content (AvgIpc) is 2.95. The van der Waals surface area contributed by atoms with Gasteiger partial charge in [0.1, 0.15) is 29.8 Å². The molecule has 204 valence electrons. The first-order valence-corrected chi connectivity index (χ1v) is 13.2. The topological polar surface area (TPSA) is 77.1 Å². The highest BCUT2D eigenvalue weighted by Gasteiger charge is 2.34. The smallest absolute Gasteiger partial charge is 0.341 e. The number of para-hydroxylation sites is 2. The van der Waals surface area contributed by atoms with Crippen LogP contribution >= 0.6 is 0 Å². The number of methoxy groups -OCH3 is 1. The predicted octanol–water partition coefficient (Wildman–Crippen LogP) is 6.84. The van der Waals surface area contributed by atoms with E-state index in [1.807, 2.05) is 74.5 Å². The van der Waals surface area contributed by atoms with Crippen LogP contribution in [0.3, 0.4) is 0 Å². The quantitative estimate of drug-likeness (QED) is 0.249. The van der Waals surface area contributed by atoms with Crippen molar-refractivity contribution in [2.45, 2.75) is 33.5 Å². The Balaban J connectivity index is 1.53. The third-order valence-corrected chi connectivity index (χ3v) is 6.80. The standard InChI is InChI=1S/C33H32N2O5/c1-5-39-33(37)27-11-7-9-13-30(27)40-20-24-19-23(14-15-29(24)38-4)31-34-28-12-8-6-10-26(28)32(36)35(31)25-17-21(2)16-22(3)18-25/h6-19,31,34H,5,20H2,1-4H3. The maximum absolute atomic E-state index is 13.9. The van der Waals surface area contributed by atoms with Crippen LogP contribution in [0.1, 0.15) is 56.1 Å². The number of amides is 1. The van der Waals surface area contributed by atoms with Crippen LogP contribution in [0.2, 0.25) is 0 Å². The van der Waals surface area contributed by atoms with Crippen LogP contribution in [-0.2, 0) is 11.3 Å². The van der Waals surface area contributed by atoms with Crippen LogP contribution in [0.5, 0.6) is 11.5 Å². The summed E-state index contributed by atoms with van der Waals surface area (Å²) in [4.78, 5) is 28.1. The van der Waals surface area contributed by atoms with E-state index in [2.05, 4.69) is 11.4 Å². The fourth-order valence-corrected chi connectivity index (χ4v) is 5.05. The van der Waals surface area contributed by atoms with Gasteiger partial charge in [-0.3, -0.25) is 9.69 Å². The Morgan fingerprint density at radius 1 is 0.900 bits per heavy atom. The number of anilines is 2. The van der Waals surface area contributed by atoms with Gasteiger partial charge in [-0.05, 0) is 86.0 Å². The van der Waals surface area contributed by atoms with Crippen molar-refractivity contribution < 1.29 is 23.8 Å². The third-order valence-electron chi connectivity index (χ3n) is 6.80. The largest absolute Gasteiger partial charge is 0.496 e. The zero-order valence-electron chi connectivity index (χ0n) is 23.1. The molecule has 40 heavy (non-hydrogen) atoms. The number of nitrogens with zero attached hydrogens (tertiary/aromatic N) is 1. The number of carbonyl (C=O) groups excluding carboxylic acids is 2. The molecule has 0 bridgehead atoms. The SMILES string of the molecule is CCOC(=O)c1ccccc1OCc1cc(C2Nc3ccccc3C(=O)N2c2cc(C)cc(C)c2)ccc1OC. The Hall–Kier alpha value is -4.78. The van der Waals surface area contributed by atoms with Crippen LogP contribution in [0.25, 0.3) is 0 Å². The van der Waals surface area contributed by atoms with Crippen LogP contribution in [0.4, 0.5) is 11.4 Å². The number of rotatable bonds is 8. The maximum atomic E-state index is 13.9. The number of hydrogen-bond donors (Lipinski definition) is 1. The molecule has 1 aliphatic rings. The molecule has 1 unspecified atom stereocenters. The average molecular weight is 537 g/mol. The summed E-state index contributed by atoms with van der Waals surface area (Å²) in [6, 6.07) is 26.5. The first kappa shape index (κ1) is 26.8. The van der Waals surface area contributed by atoms with Gasteiger partial charge in [0.15, 0.2) is 0 Å². The molecule has 7 nitrogen and oxygen atoms in total. The summed E-state index contributed by atoms with van der Waals surface area (Å²) in [5.74, 6) is 0.538. The molecule has 1 N–H and O–H groups in total. The fraction of sp³-hybridized carbons (Fsp3) is 0.212. The molecule has 0 radical (unpaired) electrons. The Labute approximate surface area is 234 Å². The monoisotopic (exact) mass is 536 g/mol. The molecule has 5 rings (SSSR count). The second kappa shape index (κ2) is 11.5. The van der Waals surface area contributed by atoms with Gasteiger partial charge >= 0.3 is 5.97 Å². The van der Waals surface area contributed by atoms with E-state index >= 15 is 0 Å². The molecule has 0 aliphatic carbocycles. The molecule has 0 saturated carbocycles. The lowest BCUT2D eigenvalue weighted by Gasteiger charge is -2.38. The minimum atomic E-state index is -0.472. The van der Waals surface area contributed by atoms with Crippen LogP contribution < -0.4 is 19.7 Å². The summed E-state index contributed by atoms with van der Waals surface area (Å²) < 4.78 is 16.9. The number of esters is 1. The fourth-order valence-electron chi connectivity index (χ4n) is 5.05. The van der Waals surface area contributed by atoms with Crippen molar-refractivity contribution in [3.63, 3.8) is 0 Å². The summed E-state index contributed by atoms with van der Waals surface area (Å²) in [6.45, 7) is 6.24. The second-order valence-corrected chi connectivity index (χ2v) is 9.69. The van der Waals surface area contributed by atoms with Gasteiger partial charge in [0.2, 0.25) is 0 Å². The highest BCUT2D eigenvalue weighted by atomic mass is 16.5. The van der Waals surface area contributed by atoms with E-state index in [1.54, 1.807) is 37.1 Å². The molecule has 4 aromatic rings. The van der Waals surface area contributed by atoms with E-state index in [4.69, 9.17) is 14.2 Å². The molecule has 1 heterocycles. The third kappa shape index (κ3) is 5.36. The summed E-state index contributed by atoms with van der Waals surface area (Å²) in [5, 5.41) is 3.57. The molecule has 1 aliphatic heterocycles. The Morgan fingerprint density at radius 3 is 2.38 bits per heavy atom. The molecule has 1 amide bonds. The number of nitrogens with one attached hydrogen (secondary N) is 1. The number of aryl methyl sites for hydroxylation is 2. The molecule has 0 fully saturated rings. The zero-order valence-corrected chi connectivity index (χ0v) is 23.1. The number of benzene rings is 4. The van der Waals surface area contributed by atoms with Crippen molar-refractivity contribution in [3.05, 3.63) is 118 Å². The lowest BCUT2D eigenvalue weighted by atomic mass is 10.00. The van der Waals surface area contributed by atoms with Gasteiger partial charge in [-0.2, -0.15) is 0 Å². The summed E-state index contributed by atoms with van der Waals surface area (Å²) in [7, 11) is 1.60. The molecule has 0 spiro atoms. The lowest BCUT2D eigenvalue weighted by molar-refractivity contribution is 0.0521. The van der Waals surface area contributed by atoms with E-state index in [0.717, 1.165) is 33.6 Å². The lowest BCUT2D eigenvalue weighted by Crippen LogP contribution is -2.43. The summed E-state index contributed by atoms with van der Waals surface area (Å²) in [5.41, 5.74) is 6.34. The van der Waals surface area contributed by atoms with E-state index in [0.29, 0.717) is 22.6 Å². The molecule has 1 atom stereocenters. The first-order chi connectivity index (χ1) is 19.4. The van der Waals surface area contributed by atoms with Gasteiger partial charge in [0.25, 0.3) is 5.91 Å². The molecular weight excluding hydrogens is 504 g/mol. The normalized spacial score (nSPS) is 14.2. The predicted molar refractivity (Wildman–Crippen MR) is 155 cm³/mol. The number of hydrogen-bond acceptors (Lipinski definition) is 6. The maximum Gasteiger partial charge on any atom is 0.341 e. The summed E-state index contributed by atoms with van der Waals surface area (Å²) in [6.07, 6.45) is -0.472. The van der Waals surface area contributed by atoms with Crippen LogP contribution in [-0.4, -0.2) is 25.6 Å². The van der Waals surface area contributed by atoms with Crippen LogP contribution in [0.15, 0.2) is 84.9 Å². The second-order valence-electron chi connectivity index (χ2n) is 9.69. The number of carbonyl (C=O) groups is 2. The van der Waals surface area contributed by atoms with Crippen molar-refractivity contribution >= 4 is 23.3 Å². The minimum Gasteiger partial charge on any atom is -0.496 e. The van der Waals surface area contributed by atoms with Gasteiger partial charge in [-0.1, -0.05) is 36.4 Å². The van der Waals surface area contributed by atoms with Crippen LogP contribution in [0, 0.1) is 13.8 Å². The van der Waals surface area contributed by atoms with Gasteiger partial charge in [-0.15, -0.1) is 0 Å². The Morgan fingerprint density at radius 2 is 1.62 bits per heavy atom. The van der Waals surface area contributed by atoms with Crippen molar-refractivity contribution in [2.24, 2.45) is 0 Å². The van der Waals surface area contributed by atoms with Gasteiger partial charge in [0, 0.05) is 16.9 Å². The zero-order chi connectivity index (χ0) is 28.2.